The Morgan fingerprint density at radius 2 is 1.58 bits per heavy atom. The summed E-state index contributed by atoms with van der Waals surface area (Å²) in [6.07, 6.45) is 0. The van der Waals surface area contributed by atoms with E-state index < -0.39 is 0 Å². The molecule has 0 unspecified atom stereocenters. The first-order valence-corrected chi connectivity index (χ1v) is 8.04. The Morgan fingerprint density at radius 3 is 2.33 bits per heavy atom. The highest BCUT2D eigenvalue weighted by Gasteiger charge is 2.02. The molecule has 0 bridgehead atoms. The highest BCUT2D eigenvalue weighted by molar-refractivity contribution is 6.33. The van der Waals surface area contributed by atoms with Gasteiger partial charge in [-0.3, -0.25) is 0 Å². The quantitative estimate of drug-likeness (QED) is 0.623. The molecule has 1 N–H and O–H groups in total. The van der Waals surface area contributed by atoms with Gasteiger partial charge < -0.3 is 10.1 Å². The Balaban J connectivity index is 1.55. The van der Waals surface area contributed by atoms with E-state index in [4.69, 9.17) is 16.3 Å². The van der Waals surface area contributed by atoms with E-state index in [1.54, 1.807) is 18.2 Å². The lowest BCUT2D eigenvalue weighted by Gasteiger charge is -2.10. The SMILES string of the molecule is Fc1ccccc1COc1ccc(CNc2ccccc2Cl)cc1. The number of nitrogens with one attached hydrogen (secondary N) is 1. The molecule has 122 valence electrons. The van der Waals surface area contributed by atoms with Gasteiger partial charge in [0, 0.05) is 12.1 Å². The van der Waals surface area contributed by atoms with Crippen LogP contribution in [0.2, 0.25) is 5.02 Å². The van der Waals surface area contributed by atoms with Gasteiger partial charge >= 0.3 is 0 Å². The molecular weight excluding hydrogens is 325 g/mol. The molecule has 0 atom stereocenters. The van der Waals surface area contributed by atoms with Gasteiger partial charge in [-0.05, 0) is 35.9 Å². The largest absolute Gasteiger partial charge is 0.489 e. The second kappa shape index (κ2) is 7.84. The first kappa shape index (κ1) is 16.3. The Kier molecular flexibility index (Phi) is 5.34. The molecule has 0 fully saturated rings. The van der Waals surface area contributed by atoms with Crippen molar-refractivity contribution in [2.75, 3.05) is 5.32 Å². The van der Waals surface area contributed by atoms with Crippen molar-refractivity contribution >= 4 is 17.3 Å². The molecule has 0 aliphatic carbocycles. The van der Waals surface area contributed by atoms with Gasteiger partial charge in [-0.2, -0.15) is 0 Å². The van der Waals surface area contributed by atoms with Gasteiger partial charge in [0.2, 0.25) is 0 Å². The molecular formula is C20H17ClFNO. The number of anilines is 1. The minimum atomic E-state index is -0.252. The third kappa shape index (κ3) is 4.27. The van der Waals surface area contributed by atoms with Crippen LogP contribution in [-0.2, 0) is 13.2 Å². The minimum absolute atomic E-state index is 0.212. The zero-order valence-corrected chi connectivity index (χ0v) is 13.8. The fourth-order valence-electron chi connectivity index (χ4n) is 2.28. The summed E-state index contributed by atoms with van der Waals surface area (Å²) < 4.78 is 19.2. The Labute approximate surface area is 145 Å². The van der Waals surface area contributed by atoms with Crippen molar-refractivity contribution in [3.63, 3.8) is 0 Å². The van der Waals surface area contributed by atoms with E-state index in [2.05, 4.69) is 5.32 Å². The van der Waals surface area contributed by atoms with Crippen LogP contribution in [-0.4, -0.2) is 0 Å². The van der Waals surface area contributed by atoms with E-state index in [9.17, 15) is 4.39 Å². The van der Waals surface area contributed by atoms with Crippen LogP contribution in [0.1, 0.15) is 11.1 Å². The molecule has 3 rings (SSSR count). The summed E-state index contributed by atoms with van der Waals surface area (Å²) in [6, 6.07) is 21.9. The Morgan fingerprint density at radius 1 is 0.875 bits per heavy atom. The normalized spacial score (nSPS) is 10.4. The summed E-state index contributed by atoms with van der Waals surface area (Å²) in [5, 5.41) is 3.99. The smallest absolute Gasteiger partial charge is 0.129 e. The monoisotopic (exact) mass is 341 g/mol. The minimum Gasteiger partial charge on any atom is -0.489 e. The van der Waals surface area contributed by atoms with Crippen molar-refractivity contribution in [2.45, 2.75) is 13.2 Å². The Hall–Kier alpha value is -2.52. The van der Waals surface area contributed by atoms with Crippen LogP contribution < -0.4 is 10.1 Å². The number of para-hydroxylation sites is 1. The van der Waals surface area contributed by atoms with Gasteiger partial charge in [0.1, 0.15) is 18.2 Å². The van der Waals surface area contributed by atoms with Crippen LogP contribution in [0.25, 0.3) is 0 Å². The maximum Gasteiger partial charge on any atom is 0.129 e. The standard InChI is InChI=1S/C20H17ClFNO/c21-18-6-2-4-8-20(18)23-13-15-9-11-17(12-10-15)24-14-16-5-1-3-7-19(16)22/h1-12,23H,13-14H2. The van der Waals surface area contributed by atoms with Crippen LogP contribution in [0.4, 0.5) is 10.1 Å². The fourth-order valence-corrected chi connectivity index (χ4v) is 2.48. The molecule has 0 aromatic heterocycles. The van der Waals surface area contributed by atoms with Crippen LogP contribution in [0, 0.1) is 5.82 Å². The number of hydrogen-bond acceptors (Lipinski definition) is 2. The molecule has 0 aliphatic rings. The van der Waals surface area contributed by atoms with Crippen LogP contribution in [0.5, 0.6) is 5.75 Å². The number of halogens is 2. The Bertz CT molecular complexity index is 736. The third-order valence-corrected chi connectivity index (χ3v) is 3.96. The summed E-state index contributed by atoms with van der Waals surface area (Å²) in [4.78, 5) is 0. The second-order valence-electron chi connectivity index (χ2n) is 5.36. The topological polar surface area (TPSA) is 21.3 Å². The van der Waals surface area contributed by atoms with Crippen molar-refractivity contribution in [3.8, 4) is 5.75 Å². The summed E-state index contributed by atoms with van der Waals surface area (Å²) in [5.74, 6) is 0.456. The summed E-state index contributed by atoms with van der Waals surface area (Å²) in [5.41, 5.74) is 2.55. The molecule has 24 heavy (non-hydrogen) atoms. The van der Waals surface area contributed by atoms with Crippen molar-refractivity contribution in [2.24, 2.45) is 0 Å². The van der Waals surface area contributed by atoms with E-state index in [-0.39, 0.29) is 12.4 Å². The molecule has 0 spiro atoms. The first-order chi connectivity index (χ1) is 11.7. The van der Waals surface area contributed by atoms with Gasteiger partial charge in [-0.15, -0.1) is 0 Å². The first-order valence-electron chi connectivity index (χ1n) is 7.66. The van der Waals surface area contributed by atoms with Crippen LogP contribution in [0.15, 0.2) is 72.8 Å². The fraction of sp³-hybridized carbons (Fsp3) is 0.100. The summed E-state index contributed by atoms with van der Waals surface area (Å²) in [7, 11) is 0. The van der Waals surface area contributed by atoms with Crippen LogP contribution >= 0.6 is 11.6 Å². The van der Waals surface area contributed by atoms with E-state index in [1.165, 1.54) is 6.07 Å². The van der Waals surface area contributed by atoms with E-state index in [1.807, 2.05) is 48.5 Å². The molecule has 0 aliphatic heterocycles. The number of rotatable bonds is 6. The van der Waals surface area contributed by atoms with E-state index in [0.29, 0.717) is 22.9 Å². The lowest BCUT2D eigenvalue weighted by Crippen LogP contribution is -2.01. The maximum atomic E-state index is 13.6. The lowest BCUT2D eigenvalue weighted by atomic mass is 10.2. The molecule has 4 heteroatoms. The molecule has 0 amide bonds. The van der Waals surface area contributed by atoms with Gasteiger partial charge in [-0.25, -0.2) is 4.39 Å². The van der Waals surface area contributed by atoms with E-state index in [0.717, 1.165) is 11.3 Å². The zero-order valence-electron chi connectivity index (χ0n) is 13.0. The molecule has 0 heterocycles. The van der Waals surface area contributed by atoms with Crippen molar-refractivity contribution in [3.05, 3.63) is 94.8 Å². The van der Waals surface area contributed by atoms with Gasteiger partial charge in [-0.1, -0.05) is 54.1 Å². The molecule has 3 aromatic rings. The molecule has 0 saturated carbocycles. The zero-order chi connectivity index (χ0) is 16.8. The molecule has 0 saturated heterocycles. The molecule has 0 radical (unpaired) electrons. The number of hydrogen-bond donors (Lipinski definition) is 1. The van der Waals surface area contributed by atoms with Crippen LogP contribution in [0.3, 0.4) is 0 Å². The third-order valence-electron chi connectivity index (χ3n) is 3.63. The predicted octanol–water partition coefficient (Wildman–Crippen LogP) is 5.67. The van der Waals surface area contributed by atoms with Crippen molar-refractivity contribution in [1.82, 2.24) is 0 Å². The van der Waals surface area contributed by atoms with Crippen molar-refractivity contribution in [1.29, 1.82) is 0 Å². The predicted molar refractivity (Wildman–Crippen MR) is 96.0 cm³/mol. The maximum absolute atomic E-state index is 13.6. The van der Waals surface area contributed by atoms with Gasteiger partial charge in [0.15, 0.2) is 0 Å². The number of benzene rings is 3. The molecule has 3 aromatic carbocycles. The highest BCUT2D eigenvalue weighted by Crippen LogP contribution is 2.22. The number of ether oxygens (including phenoxy) is 1. The van der Waals surface area contributed by atoms with Crippen molar-refractivity contribution < 1.29 is 9.13 Å². The van der Waals surface area contributed by atoms with Gasteiger partial charge in [0.25, 0.3) is 0 Å². The van der Waals surface area contributed by atoms with Gasteiger partial charge in [0.05, 0.1) is 10.7 Å². The molecule has 2 nitrogen and oxygen atoms in total. The second-order valence-corrected chi connectivity index (χ2v) is 5.76. The van der Waals surface area contributed by atoms with E-state index >= 15 is 0 Å². The summed E-state index contributed by atoms with van der Waals surface area (Å²) >= 11 is 6.11. The average Bonchev–Trinajstić information content (AvgIpc) is 2.61. The highest BCUT2D eigenvalue weighted by atomic mass is 35.5. The summed E-state index contributed by atoms with van der Waals surface area (Å²) in [6.45, 7) is 0.876. The lowest BCUT2D eigenvalue weighted by molar-refractivity contribution is 0.300. The average molecular weight is 342 g/mol.